The summed E-state index contributed by atoms with van der Waals surface area (Å²) in [6, 6.07) is 0. The SMILES string of the molecule is C=C1NC(=O)C2=C(CCC2)N1CC(=O)O. The van der Waals surface area contributed by atoms with E-state index in [4.69, 9.17) is 5.11 Å². The number of carboxylic acid groups (broad SMARTS) is 1. The van der Waals surface area contributed by atoms with Gasteiger partial charge in [0, 0.05) is 11.3 Å². The summed E-state index contributed by atoms with van der Waals surface area (Å²) in [5.74, 6) is -0.691. The fraction of sp³-hybridized carbons (Fsp3) is 0.400. The number of carboxylic acids is 1. The molecule has 0 unspecified atom stereocenters. The summed E-state index contributed by atoms with van der Waals surface area (Å²) in [6.45, 7) is 3.52. The highest BCUT2D eigenvalue weighted by Gasteiger charge is 2.32. The second-order valence-electron chi connectivity index (χ2n) is 3.66. The van der Waals surface area contributed by atoms with E-state index in [2.05, 4.69) is 11.9 Å². The lowest BCUT2D eigenvalue weighted by atomic mass is 10.1. The van der Waals surface area contributed by atoms with Gasteiger partial charge in [-0.1, -0.05) is 6.58 Å². The number of nitrogens with zero attached hydrogens (tertiary/aromatic N) is 1. The molecule has 1 amide bonds. The quantitative estimate of drug-likeness (QED) is 0.689. The molecule has 0 bridgehead atoms. The Bertz CT molecular complexity index is 384. The second kappa shape index (κ2) is 3.42. The van der Waals surface area contributed by atoms with Crippen molar-refractivity contribution in [1.29, 1.82) is 0 Å². The molecule has 0 aromatic rings. The van der Waals surface area contributed by atoms with Crippen molar-refractivity contribution in [3.63, 3.8) is 0 Å². The van der Waals surface area contributed by atoms with Crippen molar-refractivity contribution in [2.24, 2.45) is 0 Å². The Morgan fingerprint density at radius 2 is 2.27 bits per heavy atom. The topological polar surface area (TPSA) is 69.6 Å². The highest BCUT2D eigenvalue weighted by molar-refractivity contribution is 5.97. The molecule has 5 nitrogen and oxygen atoms in total. The number of nitrogens with one attached hydrogen (secondary N) is 1. The van der Waals surface area contributed by atoms with E-state index in [1.807, 2.05) is 0 Å². The van der Waals surface area contributed by atoms with Crippen molar-refractivity contribution in [3.8, 4) is 0 Å². The lowest BCUT2D eigenvalue weighted by molar-refractivity contribution is -0.138. The molecule has 0 aromatic heterocycles. The molecule has 1 aliphatic carbocycles. The van der Waals surface area contributed by atoms with Crippen molar-refractivity contribution < 1.29 is 14.7 Å². The Labute approximate surface area is 87.1 Å². The number of hydrogen-bond donors (Lipinski definition) is 2. The van der Waals surface area contributed by atoms with E-state index in [-0.39, 0.29) is 12.5 Å². The Hall–Kier alpha value is -1.78. The van der Waals surface area contributed by atoms with Crippen LogP contribution in [0.4, 0.5) is 0 Å². The number of aliphatic carboxylic acids is 1. The third kappa shape index (κ3) is 1.60. The normalized spacial score (nSPS) is 20.4. The van der Waals surface area contributed by atoms with E-state index in [1.54, 1.807) is 4.90 Å². The monoisotopic (exact) mass is 208 g/mol. The first kappa shape index (κ1) is 9.76. The highest BCUT2D eigenvalue weighted by atomic mass is 16.4. The summed E-state index contributed by atoms with van der Waals surface area (Å²) in [4.78, 5) is 23.8. The van der Waals surface area contributed by atoms with Crippen LogP contribution >= 0.6 is 0 Å². The molecule has 0 saturated carbocycles. The zero-order valence-electron chi connectivity index (χ0n) is 8.25. The smallest absolute Gasteiger partial charge is 0.323 e. The van der Waals surface area contributed by atoms with Gasteiger partial charge in [0.05, 0.1) is 0 Å². The second-order valence-corrected chi connectivity index (χ2v) is 3.66. The van der Waals surface area contributed by atoms with Crippen molar-refractivity contribution in [2.75, 3.05) is 6.54 Å². The van der Waals surface area contributed by atoms with Crippen molar-refractivity contribution in [3.05, 3.63) is 23.7 Å². The van der Waals surface area contributed by atoms with Crippen LogP contribution < -0.4 is 5.32 Å². The summed E-state index contributed by atoms with van der Waals surface area (Å²) < 4.78 is 0. The maximum Gasteiger partial charge on any atom is 0.323 e. The molecule has 0 saturated heterocycles. The molecule has 2 rings (SSSR count). The lowest BCUT2D eigenvalue weighted by Crippen LogP contribution is -2.42. The van der Waals surface area contributed by atoms with Crippen LogP contribution in [0.2, 0.25) is 0 Å². The molecule has 0 radical (unpaired) electrons. The van der Waals surface area contributed by atoms with Gasteiger partial charge in [-0.3, -0.25) is 9.59 Å². The van der Waals surface area contributed by atoms with E-state index in [9.17, 15) is 9.59 Å². The van der Waals surface area contributed by atoms with E-state index in [1.165, 1.54) is 0 Å². The molecule has 1 aliphatic heterocycles. The number of rotatable bonds is 2. The summed E-state index contributed by atoms with van der Waals surface area (Å²) in [5.41, 5.74) is 1.54. The molecular formula is C10H12N2O3. The van der Waals surface area contributed by atoms with Crippen LogP contribution in [-0.4, -0.2) is 28.4 Å². The largest absolute Gasteiger partial charge is 0.480 e. The lowest BCUT2D eigenvalue weighted by Gasteiger charge is -2.31. The maximum atomic E-state index is 11.5. The Morgan fingerprint density at radius 1 is 1.53 bits per heavy atom. The van der Waals surface area contributed by atoms with Crippen LogP contribution in [0.15, 0.2) is 23.7 Å². The third-order valence-electron chi connectivity index (χ3n) is 2.67. The van der Waals surface area contributed by atoms with Crippen molar-refractivity contribution in [2.45, 2.75) is 19.3 Å². The first-order chi connectivity index (χ1) is 7.09. The standard InChI is InChI=1S/C10H12N2O3/c1-6-11-10(15)7-3-2-4-8(7)12(6)5-9(13)14/h1-5H2,(H,11,15)(H,13,14). The van der Waals surface area contributed by atoms with Gasteiger partial charge in [0.15, 0.2) is 0 Å². The van der Waals surface area contributed by atoms with Gasteiger partial charge in [0.1, 0.15) is 12.4 Å². The van der Waals surface area contributed by atoms with Gasteiger partial charge in [-0.2, -0.15) is 0 Å². The summed E-state index contributed by atoms with van der Waals surface area (Å²) >= 11 is 0. The summed E-state index contributed by atoms with van der Waals surface area (Å²) in [5, 5.41) is 11.3. The average molecular weight is 208 g/mol. The van der Waals surface area contributed by atoms with E-state index in [0.717, 1.165) is 25.0 Å². The minimum Gasteiger partial charge on any atom is -0.480 e. The Kier molecular flexibility index (Phi) is 2.22. The molecular weight excluding hydrogens is 196 g/mol. The first-order valence-electron chi connectivity index (χ1n) is 4.81. The summed E-state index contributed by atoms with van der Waals surface area (Å²) in [7, 11) is 0. The van der Waals surface area contributed by atoms with Crippen LogP contribution in [-0.2, 0) is 9.59 Å². The van der Waals surface area contributed by atoms with Crippen LogP contribution in [0.25, 0.3) is 0 Å². The van der Waals surface area contributed by atoms with Gasteiger partial charge < -0.3 is 15.3 Å². The van der Waals surface area contributed by atoms with E-state index < -0.39 is 5.97 Å². The van der Waals surface area contributed by atoms with E-state index in [0.29, 0.717) is 11.4 Å². The van der Waals surface area contributed by atoms with Crippen molar-refractivity contribution in [1.82, 2.24) is 10.2 Å². The zero-order valence-corrected chi connectivity index (χ0v) is 8.25. The third-order valence-corrected chi connectivity index (χ3v) is 2.67. The van der Waals surface area contributed by atoms with Gasteiger partial charge in [-0.25, -0.2) is 0 Å². The molecule has 2 aliphatic rings. The Balaban J connectivity index is 2.32. The summed E-state index contributed by atoms with van der Waals surface area (Å²) in [6.07, 6.45) is 2.39. The minimum atomic E-state index is -0.925. The van der Waals surface area contributed by atoms with Gasteiger partial charge in [-0.05, 0) is 19.3 Å². The number of hydrogen-bond acceptors (Lipinski definition) is 3. The van der Waals surface area contributed by atoms with Gasteiger partial charge in [-0.15, -0.1) is 0 Å². The van der Waals surface area contributed by atoms with Crippen LogP contribution in [0.5, 0.6) is 0 Å². The molecule has 0 aromatic carbocycles. The van der Waals surface area contributed by atoms with Gasteiger partial charge >= 0.3 is 5.97 Å². The fourth-order valence-corrected chi connectivity index (χ4v) is 2.03. The molecule has 0 fully saturated rings. The van der Waals surface area contributed by atoms with Crippen LogP contribution in [0, 0.1) is 0 Å². The highest BCUT2D eigenvalue weighted by Crippen LogP contribution is 2.33. The maximum absolute atomic E-state index is 11.5. The molecule has 1 heterocycles. The number of carbonyl (C=O) groups excluding carboxylic acids is 1. The fourth-order valence-electron chi connectivity index (χ4n) is 2.03. The zero-order chi connectivity index (χ0) is 11.0. The molecule has 0 atom stereocenters. The predicted molar refractivity (Wildman–Crippen MR) is 52.5 cm³/mol. The van der Waals surface area contributed by atoms with Crippen LogP contribution in [0.3, 0.4) is 0 Å². The Morgan fingerprint density at radius 3 is 2.93 bits per heavy atom. The van der Waals surface area contributed by atoms with Crippen LogP contribution in [0.1, 0.15) is 19.3 Å². The number of amides is 1. The average Bonchev–Trinajstić information content (AvgIpc) is 2.60. The molecule has 80 valence electrons. The molecule has 5 heteroatoms. The van der Waals surface area contributed by atoms with Gasteiger partial charge in [0.25, 0.3) is 5.91 Å². The minimum absolute atomic E-state index is 0.130. The van der Waals surface area contributed by atoms with E-state index >= 15 is 0 Å². The molecule has 15 heavy (non-hydrogen) atoms. The van der Waals surface area contributed by atoms with Crippen molar-refractivity contribution >= 4 is 11.9 Å². The van der Waals surface area contributed by atoms with Gasteiger partial charge in [0.2, 0.25) is 0 Å². The number of allylic oxidation sites excluding steroid dienone is 1. The molecule has 0 spiro atoms. The number of carbonyl (C=O) groups is 2. The first-order valence-corrected chi connectivity index (χ1v) is 4.81. The molecule has 2 N–H and O–H groups in total. The predicted octanol–water partition coefficient (Wildman–Crippen LogP) is 0.412.